The van der Waals surface area contributed by atoms with Gasteiger partial charge in [-0.1, -0.05) is 0 Å². The summed E-state index contributed by atoms with van der Waals surface area (Å²) in [5, 5.41) is 9.20. The zero-order valence-electron chi connectivity index (χ0n) is 7.06. The maximum atomic E-state index is 9.20. The van der Waals surface area contributed by atoms with E-state index in [0.29, 0.717) is 0 Å². The third-order valence-electron chi connectivity index (χ3n) is 1.56. The Hall–Kier alpha value is 0.759. The third kappa shape index (κ3) is 6.87. The molecule has 0 radical (unpaired) electrons. The van der Waals surface area contributed by atoms with Gasteiger partial charge in [0.1, 0.15) is 0 Å². The Kier molecular flexibility index (Phi) is 8.46. The van der Waals surface area contributed by atoms with Gasteiger partial charge in [0, 0.05) is 0 Å². The van der Waals surface area contributed by atoms with Gasteiger partial charge in [-0.3, -0.25) is 0 Å². The summed E-state index contributed by atoms with van der Waals surface area (Å²) < 4.78 is 2.62. The van der Waals surface area contributed by atoms with Crippen LogP contribution in [0.15, 0.2) is 0 Å². The van der Waals surface area contributed by atoms with E-state index in [1.165, 1.54) is 21.7 Å². The van der Waals surface area contributed by atoms with Gasteiger partial charge in [0.2, 0.25) is 0 Å². The molecule has 0 amide bonds. The van der Waals surface area contributed by atoms with Crippen LogP contribution in [0.4, 0.5) is 0 Å². The van der Waals surface area contributed by atoms with Crippen molar-refractivity contribution >= 4 is 21.1 Å². The van der Waals surface area contributed by atoms with Crippen LogP contribution in [0.25, 0.3) is 0 Å². The van der Waals surface area contributed by atoms with E-state index in [0.717, 1.165) is 6.42 Å². The molecule has 0 aromatic heterocycles. The van der Waals surface area contributed by atoms with E-state index in [1.54, 1.807) is 0 Å². The van der Waals surface area contributed by atoms with Crippen LogP contribution in [0.5, 0.6) is 0 Å². The third-order valence-corrected chi connectivity index (χ3v) is 5.75. The fourth-order valence-electron chi connectivity index (χ4n) is 0.715. The van der Waals surface area contributed by atoms with Crippen molar-refractivity contribution in [2.45, 2.75) is 48.1 Å². The van der Waals surface area contributed by atoms with Crippen LogP contribution in [-0.2, 0) is 0 Å². The van der Waals surface area contributed by atoms with Crippen molar-refractivity contribution in [2.24, 2.45) is 0 Å². The van der Waals surface area contributed by atoms with Crippen LogP contribution in [0.3, 0.4) is 0 Å². The first-order valence-corrected chi connectivity index (χ1v) is 8.23. The molecule has 0 aliphatic heterocycles. The molecular formula is C8H18OSn+2. The van der Waals surface area contributed by atoms with Gasteiger partial charge >= 0.3 is 74.3 Å². The fraction of sp³-hybridized carbons (Fsp3) is 1.00. The van der Waals surface area contributed by atoms with Gasteiger partial charge in [-0.15, -0.1) is 0 Å². The SMILES string of the molecule is CCC[CH2][Sn+2][CH2]C(O)CC. The first kappa shape index (κ1) is 10.8. The summed E-state index contributed by atoms with van der Waals surface area (Å²) >= 11 is -0.156. The van der Waals surface area contributed by atoms with Crippen LogP contribution in [0.2, 0.25) is 8.87 Å². The zero-order chi connectivity index (χ0) is 7.82. The molecule has 0 saturated carbocycles. The van der Waals surface area contributed by atoms with Crippen molar-refractivity contribution < 1.29 is 5.11 Å². The predicted molar refractivity (Wildman–Crippen MR) is 46.6 cm³/mol. The van der Waals surface area contributed by atoms with Crippen molar-refractivity contribution in [1.82, 2.24) is 0 Å². The number of aliphatic hydroxyl groups excluding tert-OH is 1. The molecule has 0 spiro atoms. The molecule has 0 heterocycles. The van der Waals surface area contributed by atoms with Gasteiger partial charge in [0.15, 0.2) is 0 Å². The molecule has 58 valence electrons. The van der Waals surface area contributed by atoms with E-state index >= 15 is 0 Å². The summed E-state index contributed by atoms with van der Waals surface area (Å²) in [5.41, 5.74) is 0. The Morgan fingerprint density at radius 2 is 2.10 bits per heavy atom. The van der Waals surface area contributed by atoms with Crippen LogP contribution in [0, 0.1) is 0 Å². The molecule has 0 rings (SSSR count). The molecule has 0 fully saturated rings. The van der Waals surface area contributed by atoms with Crippen LogP contribution < -0.4 is 0 Å². The molecular weight excluding hydrogens is 231 g/mol. The number of unbranched alkanes of at least 4 members (excludes halogenated alkanes) is 1. The average molecular weight is 249 g/mol. The topological polar surface area (TPSA) is 20.2 Å². The van der Waals surface area contributed by atoms with Crippen molar-refractivity contribution in [3.8, 4) is 0 Å². The van der Waals surface area contributed by atoms with E-state index in [2.05, 4.69) is 13.8 Å². The Balaban J connectivity index is 2.89. The molecule has 0 aromatic carbocycles. The minimum atomic E-state index is -0.156. The zero-order valence-corrected chi connectivity index (χ0v) is 9.91. The van der Waals surface area contributed by atoms with E-state index in [-0.39, 0.29) is 27.2 Å². The maximum absolute atomic E-state index is 9.20. The standard InChI is InChI=1S/C4H9O.C4H9.Sn/c1-3-4(2)5;1-3-4-2;/h4-5H,2-3H2,1H3;1,3-4H2,2H3;/q;;+2. The quantitative estimate of drug-likeness (QED) is 0.564. The van der Waals surface area contributed by atoms with Crippen LogP contribution in [0.1, 0.15) is 33.1 Å². The molecule has 1 unspecified atom stereocenters. The van der Waals surface area contributed by atoms with E-state index in [4.69, 9.17) is 0 Å². The molecule has 0 aromatic rings. The summed E-state index contributed by atoms with van der Waals surface area (Å²) in [5.74, 6) is 0. The molecule has 0 saturated heterocycles. The first-order valence-electron chi connectivity index (χ1n) is 4.20. The minimum absolute atomic E-state index is 0.0310. The van der Waals surface area contributed by atoms with E-state index < -0.39 is 0 Å². The van der Waals surface area contributed by atoms with Crippen molar-refractivity contribution in [3.63, 3.8) is 0 Å². The van der Waals surface area contributed by atoms with Gasteiger partial charge in [0.05, 0.1) is 0 Å². The normalized spacial score (nSPS) is 12.7. The Morgan fingerprint density at radius 1 is 1.40 bits per heavy atom. The summed E-state index contributed by atoms with van der Waals surface area (Å²) in [4.78, 5) is 0. The molecule has 0 aliphatic rings. The van der Waals surface area contributed by atoms with Gasteiger partial charge in [-0.25, -0.2) is 0 Å². The van der Waals surface area contributed by atoms with Crippen LogP contribution in [-0.4, -0.2) is 32.4 Å². The average Bonchev–Trinajstić information content (AvgIpc) is 1.98. The second-order valence-corrected chi connectivity index (χ2v) is 6.64. The molecule has 1 N–H and O–H groups in total. The summed E-state index contributed by atoms with van der Waals surface area (Å²) in [6.45, 7) is 4.29. The number of rotatable bonds is 6. The Morgan fingerprint density at radius 3 is 2.60 bits per heavy atom. The molecule has 0 bridgehead atoms. The van der Waals surface area contributed by atoms with Gasteiger partial charge in [-0.05, 0) is 0 Å². The van der Waals surface area contributed by atoms with Crippen LogP contribution >= 0.6 is 0 Å². The summed E-state index contributed by atoms with van der Waals surface area (Å²) in [7, 11) is 0. The Bertz CT molecular complexity index is 66.3. The predicted octanol–water partition coefficient (Wildman–Crippen LogP) is 2.10. The van der Waals surface area contributed by atoms with Gasteiger partial charge in [0.25, 0.3) is 0 Å². The van der Waals surface area contributed by atoms with Crippen molar-refractivity contribution in [1.29, 1.82) is 0 Å². The molecule has 2 heteroatoms. The monoisotopic (exact) mass is 250 g/mol. The molecule has 1 nitrogen and oxygen atoms in total. The molecule has 1 atom stereocenters. The Labute approximate surface area is 74.4 Å². The second-order valence-electron chi connectivity index (χ2n) is 2.62. The number of hydrogen-bond acceptors (Lipinski definition) is 1. The van der Waals surface area contributed by atoms with Gasteiger partial charge < -0.3 is 0 Å². The van der Waals surface area contributed by atoms with Gasteiger partial charge in [-0.2, -0.15) is 0 Å². The number of aliphatic hydroxyl groups is 1. The van der Waals surface area contributed by atoms with E-state index in [9.17, 15) is 5.11 Å². The summed E-state index contributed by atoms with van der Waals surface area (Å²) in [6.07, 6.45) is 3.70. The van der Waals surface area contributed by atoms with Crippen molar-refractivity contribution in [3.05, 3.63) is 0 Å². The first-order chi connectivity index (χ1) is 4.81. The molecule has 10 heavy (non-hydrogen) atoms. The van der Waals surface area contributed by atoms with E-state index in [1.807, 2.05) is 0 Å². The number of hydrogen-bond donors (Lipinski definition) is 1. The second kappa shape index (κ2) is 7.86. The fourth-order valence-corrected chi connectivity index (χ4v) is 4.79. The van der Waals surface area contributed by atoms with Crippen molar-refractivity contribution in [2.75, 3.05) is 0 Å². The summed E-state index contributed by atoms with van der Waals surface area (Å²) in [6, 6.07) is 0. The molecule has 0 aliphatic carbocycles.